The van der Waals surface area contributed by atoms with Crippen molar-refractivity contribution in [2.45, 2.75) is 136 Å². The molecule has 0 unspecified atom stereocenters. The minimum Gasteiger partial charge on any atom is -0.480 e. The van der Waals surface area contributed by atoms with Crippen LogP contribution < -0.4 is 54.4 Å². The molecule has 0 bridgehead atoms. The molecule has 346 valence electrons. The number of nitrogens with one attached hydrogen (secondary N) is 7. The molecule has 0 spiro atoms. The number of nitrogens with zero attached hydrogens (tertiary/aromatic N) is 2. The first-order valence-corrected chi connectivity index (χ1v) is 20.5. The quantitative estimate of drug-likeness (QED) is 0.0236. The molecule has 1 aliphatic heterocycles. The number of aliphatic hydroxyl groups is 1. The Kier molecular flexibility index (Phi) is 22.7. The lowest BCUT2D eigenvalue weighted by Crippen LogP contribution is -2.61. The topological polar surface area (TPSA) is 372 Å². The van der Waals surface area contributed by atoms with Crippen molar-refractivity contribution in [2.75, 3.05) is 26.2 Å². The molecule has 1 aliphatic rings. The van der Waals surface area contributed by atoms with E-state index in [1.807, 2.05) is 0 Å². The number of carboxylic acids is 1. The van der Waals surface area contributed by atoms with E-state index < -0.39 is 132 Å². The second-order valence-corrected chi connectivity index (χ2v) is 15.9. The Bertz CT molecular complexity index is 1590. The van der Waals surface area contributed by atoms with Gasteiger partial charge in [-0.05, 0) is 57.3 Å². The Morgan fingerprint density at radius 2 is 1.25 bits per heavy atom. The average Bonchev–Trinajstić information content (AvgIpc) is 3.69. The lowest BCUT2D eigenvalue weighted by molar-refractivity contribution is -0.143. The summed E-state index contributed by atoms with van der Waals surface area (Å²) >= 11 is 0. The molecule has 0 aromatic carbocycles. The van der Waals surface area contributed by atoms with Crippen LogP contribution >= 0.6 is 0 Å². The Morgan fingerprint density at radius 3 is 1.75 bits per heavy atom. The molecule has 23 heteroatoms. The maximum Gasteiger partial charge on any atom is 0.322 e. The van der Waals surface area contributed by atoms with E-state index >= 15 is 0 Å². The SMILES string of the molecule is CC[C@H](C)[C@H](NC(=O)[C@@H](N)CO)C(=O)N[C@@H](CCCN=C(N)N)C(=O)N[C@H](C(=O)N[C@@H](C)C(=O)N[C@H](C(=O)N[C@@H](C)C(=O)N1CCC[C@H]1C(=O)NCC(=O)O)C(C)C)C(C)C. The van der Waals surface area contributed by atoms with Gasteiger partial charge in [0.2, 0.25) is 47.3 Å². The Labute approximate surface area is 356 Å². The fourth-order valence-electron chi connectivity index (χ4n) is 6.25. The van der Waals surface area contributed by atoms with E-state index in [1.165, 1.54) is 18.7 Å². The number of likely N-dealkylation sites (tertiary alicyclic amines) is 1. The predicted molar refractivity (Wildman–Crippen MR) is 222 cm³/mol. The van der Waals surface area contributed by atoms with E-state index in [4.69, 9.17) is 22.3 Å². The van der Waals surface area contributed by atoms with Crippen molar-refractivity contribution in [2.24, 2.45) is 39.9 Å². The molecule has 9 atom stereocenters. The number of carboxylic acid groups (broad SMARTS) is 1. The number of carbonyl (C=O) groups is 9. The van der Waals surface area contributed by atoms with Gasteiger partial charge in [0.1, 0.15) is 54.9 Å². The number of rotatable bonds is 25. The van der Waals surface area contributed by atoms with Crippen LogP contribution in [0.15, 0.2) is 4.99 Å². The van der Waals surface area contributed by atoms with Crippen molar-refractivity contribution in [1.29, 1.82) is 0 Å². The number of carbonyl (C=O) groups excluding carboxylic acids is 8. The molecule has 8 amide bonds. The zero-order valence-corrected chi connectivity index (χ0v) is 36.4. The van der Waals surface area contributed by atoms with Crippen LogP contribution in [0.4, 0.5) is 0 Å². The van der Waals surface area contributed by atoms with Crippen LogP contribution in [0.3, 0.4) is 0 Å². The maximum atomic E-state index is 13.8. The van der Waals surface area contributed by atoms with Crippen LogP contribution in [0.5, 0.6) is 0 Å². The molecule has 0 radical (unpaired) electrons. The lowest BCUT2D eigenvalue weighted by Gasteiger charge is -2.30. The first-order chi connectivity index (χ1) is 28.5. The number of hydrogen-bond acceptors (Lipinski definition) is 12. The van der Waals surface area contributed by atoms with Crippen LogP contribution in [0.25, 0.3) is 0 Å². The fraction of sp³-hybridized carbons (Fsp3) is 0.737. The molecule has 0 aromatic rings. The summed E-state index contributed by atoms with van der Waals surface area (Å²) in [6.07, 6.45) is 1.50. The summed E-state index contributed by atoms with van der Waals surface area (Å²) < 4.78 is 0. The van der Waals surface area contributed by atoms with Crippen molar-refractivity contribution in [3.63, 3.8) is 0 Å². The largest absolute Gasteiger partial charge is 0.480 e. The van der Waals surface area contributed by atoms with Crippen molar-refractivity contribution in [1.82, 2.24) is 42.1 Å². The third-order valence-corrected chi connectivity index (χ3v) is 10.1. The predicted octanol–water partition coefficient (Wildman–Crippen LogP) is -4.14. The first kappa shape index (κ1) is 53.4. The molecular weight excluding hydrogens is 800 g/mol. The average molecular weight is 869 g/mol. The van der Waals surface area contributed by atoms with Crippen molar-refractivity contribution < 1.29 is 53.4 Å². The maximum absolute atomic E-state index is 13.8. The van der Waals surface area contributed by atoms with Crippen molar-refractivity contribution in [3.8, 4) is 0 Å². The third kappa shape index (κ3) is 17.5. The number of aliphatic imine (C=N–C) groups is 1. The molecule has 23 nitrogen and oxygen atoms in total. The normalized spacial score (nSPS) is 17.6. The van der Waals surface area contributed by atoms with Gasteiger partial charge in [0, 0.05) is 13.1 Å². The van der Waals surface area contributed by atoms with Crippen LogP contribution in [0.2, 0.25) is 0 Å². The summed E-state index contributed by atoms with van der Waals surface area (Å²) in [4.78, 5) is 122. The van der Waals surface area contributed by atoms with E-state index in [2.05, 4.69) is 42.2 Å². The molecule has 0 aromatic heterocycles. The van der Waals surface area contributed by atoms with E-state index in [9.17, 15) is 48.3 Å². The molecule has 61 heavy (non-hydrogen) atoms. The number of amides is 8. The molecule has 0 saturated carbocycles. The third-order valence-electron chi connectivity index (χ3n) is 10.1. The van der Waals surface area contributed by atoms with Gasteiger partial charge in [0.15, 0.2) is 5.96 Å². The lowest BCUT2D eigenvalue weighted by atomic mass is 9.97. The van der Waals surface area contributed by atoms with E-state index in [0.717, 1.165) is 0 Å². The molecular formula is C38H68N12O11. The first-order valence-electron chi connectivity index (χ1n) is 20.5. The number of hydrogen-bond donors (Lipinski definition) is 12. The summed E-state index contributed by atoms with van der Waals surface area (Å²) in [5.41, 5.74) is 16.5. The molecule has 1 saturated heterocycles. The Balaban J connectivity index is 3.11. The minimum atomic E-state index is -1.29. The number of nitrogens with two attached hydrogens (primary N) is 3. The van der Waals surface area contributed by atoms with E-state index in [0.29, 0.717) is 19.3 Å². The van der Waals surface area contributed by atoms with Crippen molar-refractivity contribution >= 4 is 59.2 Å². The second kappa shape index (κ2) is 25.9. The zero-order chi connectivity index (χ0) is 46.7. The van der Waals surface area contributed by atoms with E-state index in [-0.39, 0.29) is 31.9 Å². The van der Waals surface area contributed by atoms with Gasteiger partial charge in [-0.3, -0.25) is 48.1 Å². The summed E-state index contributed by atoms with van der Waals surface area (Å²) in [7, 11) is 0. The van der Waals surface area contributed by atoms with E-state index in [1.54, 1.807) is 41.5 Å². The highest BCUT2D eigenvalue weighted by molar-refractivity contribution is 5.98. The summed E-state index contributed by atoms with van der Waals surface area (Å²) in [5.74, 6) is -8.51. The summed E-state index contributed by atoms with van der Waals surface area (Å²) in [6, 6.07) is -9.29. The summed E-state index contributed by atoms with van der Waals surface area (Å²) in [6.45, 7) is 12.0. The highest BCUT2D eigenvalue weighted by Gasteiger charge is 2.38. The molecule has 1 fully saturated rings. The molecule has 0 aliphatic carbocycles. The highest BCUT2D eigenvalue weighted by atomic mass is 16.4. The molecule has 1 heterocycles. The van der Waals surface area contributed by atoms with Crippen LogP contribution in [0.1, 0.15) is 87.5 Å². The van der Waals surface area contributed by atoms with Gasteiger partial charge in [0.25, 0.3) is 0 Å². The Hall–Kier alpha value is -5.58. The van der Waals surface area contributed by atoms with Crippen LogP contribution in [0, 0.1) is 17.8 Å². The Morgan fingerprint density at radius 1 is 0.721 bits per heavy atom. The number of guanidine groups is 1. The molecule has 1 rings (SSSR count). The van der Waals surface area contributed by atoms with Gasteiger partial charge >= 0.3 is 5.97 Å². The van der Waals surface area contributed by atoms with Gasteiger partial charge in [0.05, 0.1) is 6.61 Å². The van der Waals surface area contributed by atoms with Gasteiger partial charge in [-0.15, -0.1) is 0 Å². The van der Waals surface area contributed by atoms with Gasteiger partial charge in [-0.1, -0.05) is 48.0 Å². The van der Waals surface area contributed by atoms with Gasteiger partial charge in [-0.2, -0.15) is 0 Å². The summed E-state index contributed by atoms with van der Waals surface area (Å²) in [5, 5.41) is 36.0. The number of aliphatic carboxylic acids is 1. The smallest absolute Gasteiger partial charge is 0.322 e. The van der Waals surface area contributed by atoms with Gasteiger partial charge < -0.3 is 69.5 Å². The molecule has 15 N–H and O–H groups in total. The minimum absolute atomic E-state index is 0.0144. The highest BCUT2D eigenvalue weighted by Crippen LogP contribution is 2.19. The van der Waals surface area contributed by atoms with Crippen LogP contribution in [-0.4, -0.2) is 149 Å². The van der Waals surface area contributed by atoms with Crippen LogP contribution in [-0.2, 0) is 43.2 Å². The fourth-order valence-corrected chi connectivity index (χ4v) is 6.25. The monoisotopic (exact) mass is 869 g/mol. The standard InChI is InChI=1S/C38H68N12O11/c1-9-20(6)29(49-31(55)23(39)17-51)36(60)46-24(12-10-14-42-38(40)41)32(56)48-28(19(4)5)34(58)44-21(7)30(54)47-27(18(2)3)35(59)45-22(8)37(61)50-15-11-13-25(50)33(57)43-16-26(52)53/h18-25,27-29,51H,9-17,39H2,1-8H3,(H,43,57)(H,44,58)(H,45,59)(H,46,60)(H,47,54)(H,48,56)(H,49,55)(H,52,53)(H4,40,41,42)/t20-,21-,22-,23-,24-,25-,27-,28-,29-/m0/s1. The van der Waals surface area contributed by atoms with Gasteiger partial charge in [-0.25, -0.2) is 0 Å². The number of aliphatic hydroxyl groups excluding tert-OH is 1. The second-order valence-electron chi connectivity index (χ2n) is 15.9. The zero-order valence-electron chi connectivity index (χ0n) is 36.4. The van der Waals surface area contributed by atoms with Crippen molar-refractivity contribution in [3.05, 3.63) is 0 Å².